The number of nitrogens with zero attached hydrogens (tertiary/aromatic N) is 1. The minimum atomic E-state index is -0.163. The number of piperidine rings is 1. The number of H-pyrrole nitrogens is 1. The summed E-state index contributed by atoms with van der Waals surface area (Å²) in [4.78, 5) is 31.1. The van der Waals surface area contributed by atoms with Crippen molar-refractivity contribution in [1.82, 2.24) is 9.88 Å². The molecule has 2 aromatic carbocycles. The highest BCUT2D eigenvalue weighted by Crippen LogP contribution is 2.27. The second-order valence-electron chi connectivity index (χ2n) is 8.48. The van der Waals surface area contributed by atoms with Gasteiger partial charge in [0, 0.05) is 46.9 Å². The molecule has 0 bridgehead atoms. The lowest BCUT2D eigenvalue weighted by Crippen LogP contribution is -2.45. The van der Waals surface area contributed by atoms with E-state index in [9.17, 15) is 9.59 Å². The lowest BCUT2D eigenvalue weighted by molar-refractivity contribution is -0.138. The smallest absolute Gasteiger partial charge is 0.229 e. The molecule has 0 spiro atoms. The van der Waals surface area contributed by atoms with Gasteiger partial charge in [-0.3, -0.25) is 9.59 Å². The van der Waals surface area contributed by atoms with E-state index in [1.54, 1.807) is 0 Å². The average Bonchev–Trinajstić information content (AvgIpc) is 3.24. The van der Waals surface area contributed by atoms with Gasteiger partial charge >= 0.3 is 0 Å². The molecule has 3 aromatic rings. The number of hydrogen-bond donors (Lipinski definition) is 2. The van der Waals surface area contributed by atoms with E-state index in [0.29, 0.717) is 6.54 Å². The predicted octanol–water partition coefficient (Wildman–Crippen LogP) is 5.45. The van der Waals surface area contributed by atoms with Crippen molar-refractivity contribution in [3.63, 3.8) is 0 Å². The number of fused-ring (bicyclic) bond motifs is 1. The number of para-hydroxylation sites is 1. The fraction of sp³-hybridized carbons (Fsp3) is 0.385. The molecule has 5 heteroatoms. The Balaban J connectivity index is 1.45. The van der Waals surface area contributed by atoms with Crippen molar-refractivity contribution in [2.75, 3.05) is 18.4 Å². The number of nitrogens with one attached hydrogen (secondary N) is 2. The van der Waals surface area contributed by atoms with Crippen LogP contribution >= 0.6 is 0 Å². The molecule has 1 fully saturated rings. The fourth-order valence-corrected chi connectivity index (χ4v) is 4.53. The standard InChI is InChI=1S/C26H31N3O2/c1-3-18(4-2)26(31)29-14-8-11-21(17-29)25(30)27-22-12-7-10-19(15-22)24-16-20-9-5-6-13-23(20)28-24/h5-7,9-10,12-13,15-16,18,21,28H,3-4,8,11,14,17H2,1-2H3,(H,27,30)/t21-/m0/s1. The molecule has 2 heterocycles. The molecule has 0 unspecified atom stereocenters. The maximum atomic E-state index is 13.0. The molecule has 5 nitrogen and oxygen atoms in total. The highest BCUT2D eigenvalue weighted by Gasteiger charge is 2.30. The third-order valence-electron chi connectivity index (χ3n) is 6.41. The highest BCUT2D eigenvalue weighted by molar-refractivity contribution is 5.94. The summed E-state index contributed by atoms with van der Waals surface area (Å²) in [7, 11) is 0. The normalized spacial score (nSPS) is 16.6. The Morgan fingerprint density at radius 3 is 2.68 bits per heavy atom. The zero-order valence-corrected chi connectivity index (χ0v) is 18.4. The fourth-order valence-electron chi connectivity index (χ4n) is 4.53. The maximum Gasteiger partial charge on any atom is 0.229 e. The van der Waals surface area contributed by atoms with E-state index < -0.39 is 0 Å². The van der Waals surface area contributed by atoms with Crippen LogP contribution in [-0.4, -0.2) is 34.8 Å². The Bertz CT molecular complexity index is 1030. The van der Waals surface area contributed by atoms with Crippen LogP contribution in [0.3, 0.4) is 0 Å². The molecule has 0 saturated carbocycles. The second-order valence-corrected chi connectivity index (χ2v) is 8.48. The summed E-state index contributed by atoms with van der Waals surface area (Å²) in [5, 5.41) is 4.24. The summed E-state index contributed by atoms with van der Waals surface area (Å²) < 4.78 is 0. The van der Waals surface area contributed by atoms with E-state index in [2.05, 4.69) is 42.3 Å². The predicted molar refractivity (Wildman–Crippen MR) is 126 cm³/mol. The highest BCUT2D eigenvalue weighted by atomic mass is 16.2. The first-order valence-corrected chi connectivity index (χ1v) is 11.4. The third kappa shape index (κ3) is 4.66. The monoisotopic (exact) mass is 417 g/mol. The number of benzene rings is 2. The summed E-state index contributed by atoms with van der Waals surface area (Å²) in [6, 6.07) is 18.2. The van der Waals surface area contributed by atoms with E-state index in [-0.39, 0.29) is 23.7 Å². The van der Waals surface area contributed by atoms with Crippen molar-refractivity contribution in [2.24, 2.45) is 11.8 Å². The van der Waals surface area contributed by atoms with E-state index in [4.69, 9.17) is 0 Å². The zero-order valence-electron chi connectivity index (χ0n) is 18.4. The minimum absolute atomic E-state index is 0.00385. The van der Waals surface area contributed by atoms with Crippen LogP contribution in [-0.2, 0) is 9.59 Å². The molecular weight excluding hydrogens is 386 g/mol. The van der Waals surface area contributed by atoms with Crippen LogP contribution in [0, 0.1) is 11.8 Å². The Morgan fingerprint density at radius 2 is 1.90 bits per heavy atom. The van der Waals surface area contributed by atoms with Gasteiger partial charge in [-0.25, -0.2) is 0 Å². The maximum absolute atomic E-state index is 13.0. The van der Waals surface area contributed by atoms with Crippen LogP contribution in [0.1, 0.15) is 39.5 Å². The van der Waals surface area contributed by atoms with Crippen molar-refractivity contribution in [3.8, 4) is 11.3 Å². The first-order chi connectivity index (χ1) is 15.1. The molecule has 31 heavy (non-hydrogen) atoms. The van der Waals surface area contributed by atoms with Crippen LogP contribution in [0.25, 0.3) is 22.2 Å². The summed E-state index contributed by atoms with van der Waals surface area (Å²) >= 11 is 0. The van der Waals surface area contributed by atoms with Gasteiger partial charge in [0.15, 0.2) is 0 Å². The van der Waals surface area contributed by atoms with E-state index in [1.807, 2.05) is 41.3 Å². The Hall–Kier alpha value is -3.08. The molecule has 2 amide bonds. The number of aromatic amines is 1. The second kappa shape index (κ2) is 9.38. The van der Waals surface area contributed by atoms with Crippen molar-refractivity contribution in [1.29, 1.82) is 0 Å². The first-order valence-electron chi connectivity index (χ1n) is 11.4. The topological polar surface area (TPSA) is 65.2 Å². The Kier molecular flexibility index (Phi) is 6.40. The molecule has 1 saturated heterocycles. The van der Waals surface area contributed by atoms with Gasteiger partial charge in [-0.05, 0) is 49.9 Å². The SMILES string of the molecule is CCC(CC)C(=O)N1CCC[C@H](C(=O)Nc2cccc(-c3cc4ccccc4[nH]3)c2)C1. The van der Waals surface area contributed by atoms with E-state index in [1.165, 1.54) is 0 Å². The number of hydrogen-bond acceptors (Lipinski definition) is 2. The minimum Gasteiger partial charge on any atom is -0.355 e. The van der Waals surface area contributed by atoms with Gasteiger partial charge in [-0.1, -0.05) is 44.2 Å². The molecule has 1 aromatic heterocycles. The number of anilines is 1. The van der Waals surface area contributed by atoms with Crippen molar-refractivity contribution in [3.05, 3.63) is 54.6 Å². The Labute approximate surface area is 183 Å². The molecule has 162 valence electrons. The first kappa shape index (κ1) is 21.2. The van der Waals surface area contributed by atoms with Crippen LogP contribution in [0.2, 0.25) is 0 Å². The van der Waals surface area contributed by atoms with Gasteiger partial charge in [-0.2, -0.15) is 0 Å². The lowest BCUT2D eigenvalue weighted by atomic mass is 9.94. The number of carbonyl (C=O) groups excluding carboxylic acids is 2. The summed E-state index contributed by atoms with van der Waals surface area (Å²) in [6.45, 7) is 5.39. The average molecular weight is 418 g/mol. The van der Waals surface area contributed by atoms with Gasteiger partial charge in [0.2, 0.25) is 11.8 Å². The number of amides is 2. The van der Waals surface area contributed by atoms with Gasteiger partial charge in [0.1, 0.15) is 0 Å². The Morgan fingerprint density at radius 1 is 1.10 bits per heavy atom. The van der Waals surface area contributed by atoms with E-state index in [0.717, 1.165) is 60.1 Å². The van der Waals surface area contributed by atoms with Crippen LogP contribution < -0.4 is 5.32 Å². The van der Waals surface area contributed by atoms with Gasteiger partial charge in [0.25, 0.3) is 0 Å². The van der Waals surface area contributed by atoms with Crippen LogP contribution in [0.15, 0.2) is 54.6 Å². The van der Waals surface area contributed by atoms with Crippen molar-refractivity contribution < 1.29 is 9.59 Å². The summed E-state index contributed by atoms with van der Waals surface area (Å²) in [6.07, 6.45) is 3.39. The number of rotatable bonds is 6. The molecule has 0 radical (unpaired) electrons. The summed E-state index contributed by atoms with van der Waals surface area (Å²) in [5.74, 6) is 0.0951. The molecule has 2 N–H and O–H groups in total. The largest absolute Gasteiger partial charge is 0.355 e. The van der Waals surface area contributed by atoms with Crippen LogP contribution in [0.5, 0.6) is 0 Å². The molecule has 4 rings (SSSR count). The van der Waals surface area contributed by atoms with Crippen molar-refractivity contribution in [2.45, 2.75) is 39.5 Å². The molecule has 1 aliphatic rings. The molecular formula is C26H31N3O2. The van der Waals surface area contributed by atoms with Gasteiger partial charge in [0.05, 0.1) is 5.92 Å². The molecule has 1 atom stereocenters. The molecule has 1 aliphatic heterocycles. The van der Waals surface area contributed by atoms with E-state index >= 15 is 0 Å². The molecule has 0 aliphatic carbocycles. The van der Waals surface area contributed by atoms with Gasteiger partial charge < -0.3 is 15.2 Å². The number of aromatic nitrogens is 1. The van der Waals surface area contributed by atoms with Crippen molar-refractivity contribution >= 4 is 28.4 Å². The quantitative estimate of drug-likeness (QED) is 0.560. The van der Waals surface area contributed by atoms with Crippen LogP contribution in [0.4, 0.5) is 5.69 Å². The number of likely N-dealkylation sites (tertiary alicyclic amines) is 1. The number of carbonyl (C=O) groups is 2. The van der Waals surface area contributed by atoms with Gasteiger partial charge in [-0.15, -0.1) is 0 Å². The third-order valence-corrected chi connectivity index (χ3v) is 6.41. The summed E-state index contributed by atoms with van der Waals surface area (Å²) in [5.41, 5.74) is 3.93. The zero-order chi connectivity index (χ0) is 21.8. The lowest BCUT2D eigenvalue weighted by Gasteiger charge is -2.34.